The Kier molecular flexibility index (Phi) is 8.34. The van der Waals surface area contributed by atoms with Crippen LogP contribution in [0, 0.1) is 11.7 Å². The summed E-state index contributed by atoms with van der Waals surface area (Å²) in [5.41, 5.74) is 6.27. The molecule has 0 spiro atoms. The van der Waals surface area contributed by atoms with E-state index in [1.165, 1.54) is 43.7 Å². The highest BCUT2D eigenvalue weighted by Gasteiger charge is 2.17. The summed E-state index contributed by atoms with van der Waals surface area (Å²) in [5, 5.41) is 9.48. The largest absolute Gasteiger partial charge is 0.335 e. The van der Waals surface area contributed by atoms with Gasteiger partial charge < -0.3 is 4.98 Å². The Morgan fingerprint density at radius 1 is 1.10 bits per heavy atom. The van der Waals surface area contributed by atoms with E-state index in [0.29, 0.717) is 33.7 Å². The highest BCUT2D eigenvalue weighted by atomic mass is 19.1. The van der Waals surface area contributed by atoms with Crippen molar-refractivity contribution in [2.75, 3.05) is 0 Å². The van der Waals surface area contributed by atoms with Gasteiger partial charge in [0.15, 0.2) is 5.82 Å². The molecule has 1 saturated carbocycles. The van der Waals surface area contributed by atoms with Gasteiger partial charge in [0.05, 0.1) is 17.1 Å². The number of aromatic amines is 2. The van der Waals surface area contributed by atoms with Crippen molar-refractivity contribution >= 4 is 23.2 Å². The number of aromatic nitrogens is 5. The summed E-state index contributed by atoms with van der Waals surface area (Å²) in [4.78, 5) is 12.5. The third-order valence-electron chi connectivity index (χ3n) is 7.76. The average molecular weight is 534 g/mol. The molecule has 40 heavy (non-hydrogen) atoms. The lowest BCUT2D eigenvalue weighted by molar-refractivity contribution is 0.358. The van der Waals surface area contributed by atoms with Crippen molar-refractivity contribution in [3.63, 3.8) is 0 Å². The van der Waals surface area contributed by atoms with Crippen molar-refractivity contribution in [1.29, 1.82) is 0 Å². The molecule has 2 N–H and O–H groups in total. The van der Waals surface area contributed by atoms with E-state index in [4.69, 9.17) is 4.98 Å². The van der Waals surface area contributed by atoms with Crippen molar-refractivity contribution in [2.45, 2.75) is 52.4 Å². The Hall–Kier alpha value is -4.32. The van der Waals surface area contributed by atoms with Gasteiger partial charge >= 0.3 is 0 Å². The molecule has 0 bridgehead atoms. The summed E-state index contributed by atoms with van der Waals surface area (Å²) in [6, 6.07) is 6.66. The maximum atomic E-state index is 14.6. The molecule has 3 heterocycles. The van der Waals surface area contributed by atoms with Crippen LogP contribution in [0.15, 0.2) is 84.8 Å². The van der Waals surface area contributed by atoms with Gasteiger partial charge in [-0.2, -0.15) is 5.10 Å². The zero-order chi connectivity index (χ0) is 28.1. The Balaban J connectivity index is 1.53. The highest BCUT2D eigenvalue weighted by Crippen LogP contribution is 2.31. The molecule has 0 unspecified atom stereocenters. The van der Waals surface area contributed by atoms with Gasteiger partial charge in [0.2, 0.25) is 0 Å². The predicted molar refractivity (Wildman–Crippen MR) is 163 cm³/mol. The number of nitrogens with one attached hydrogen (secondary N) is 2. The van der Waals surface area contributed by atoms with Crippen molar-refractivity contribution < 1.29 is 4.39 Å². The van der Waals surface area contributed by atoms with Gasteiger partial charge in [-0.25, -0.2) is 9.37 Å². The van der Waals surface area contributed by atoms with Crippen LogP contribution in [-0.2, 0) is 0 Å². The maximum Gasteiger partial charge on any atom is 0.159 e. The minimum atomic E-state index is -0.316. The summed E-state index contributed by atoms with van der Waals surface area (Å²) < 4.78 is 14.6. The number of nitrogens with zero attached hydrogens (tertiary/aromatic N) is 3. The van der Waals surface area contributed by atoms with Crippen LogP contribution in [0.1, 0.15) is 52.4 Å². The van der Waals surface area contributed by atoms with Crippen LogP contribution in [0.25, 0.3) is 45.8 Å². The van der Waals surface area contributed by atoms with Gasteiger partial charge in [0, 0.05) is 22.5 Å². The van der Waals surface area contributed by atoms with E-state index in [0.717, 1.165) is 34.1 Å². The van der Waals surface area contributed by atoms with Crippen LogP contribution in [0.4, 0.5) is 4.39 Å². The fourth-order valence-corrected chi connectivity index (χ4v) is 5.58. The molecule has 1 aromatic carbocycles. The van der Waals surface area contributed by atoms with Gasteiger partial charge in [-0.15, -0.1) is 0 Å². The molecule has 204 valence electrons. The molecule has 1 fully saturated rings. The molecule has 3 aromatic heterocycles. The van der Waals surface area contributed by atoms with Crippen molar-refractivity contribution in [1.82, 2.24) is 25.1 Å². The van der Waals surface area contributed by atoms with Crippen molar-refractivity contribution in [2.24, 2.45) is 5.92 Å². The Labute approximate surface area is 234 Å². The quantitative estimate of drug-likeness (QED) is 0.233. The van der Waals surface area contributed by atoms with Crippen LogP contribution in [-0.4, -0.2) is 25.1 Å². The zero-order valence-corrected chi connectivity index (χ0v) is 23.3. The standard InChI is InChI=1S/C34H36FN5/c1-5-23(18-24-13-9-8-10-14-24)19-25(6-2)22(4)17-27-30(7-3)39-40-33(27)34-37-31-21-36-20-28(32(31)38-34)26-15-11-12-16-29(26)35/h5-7,11-12,15-17,19-21,24,39H,1,4,8-10,13-14,18H2,2-3H3,(H,37,38)/b23-19+,25-6+,27-17+,30-7+. The lowest BCUT2D eigenvalue weighted by Crippen LogP contribution is -2.24. The number of benzene rings is 1. The number of H-pyrrole nitrogens is 2. The van der Waals surface area contributed by atoms with Crippen LogP contribution < -0.4 is 10.6 Å². The summed E-state index contributed by atoms with van der Waals surface area (Å²) in [7, 11) is 0. The number of pyridine rings is 1. The molecule has 1 aliphatic rings. The smallest absolute Gasteiger partial charge is 0.159 e. The Morgan fingerprint density at radius 3 is 2.62 bits per heavy atom. The van der Waals surface area contributed by atoms with E-state index >= 15 is 0 Å². The van der Waals surface area contributed by atoms with Crippen LogP contribution in [0.5, 0.6) is 0 Å². The third kappa shape index (κ3) is 5.67. The molecule has 1 aliphatic carbocycles. The van der Waals surface area contributed by atoms with E-state index in [1.54, 1.807) is 30.6 Å². The lowest BCUT2D eigenvalue weighted by Gasteiger charge is -2.22. The second-order valence-electron chi connectivity index (χ2n) is 10.4. The van der Waals surface area contributed by atoms with E-state index in [1.807, 2.05) is 32.1 Å². The molecule has 0 radical (unpaired) electrons. The number of allylic oxidation sites excluding steroid dienone is 6. The zero-order valence-electron chi connectivity index (χ0n) is 23.3. The normalized spacial score (nSPS) is 16.2. The summed E-state index contributed by atoms with van der Waals surface area (Å²) in [6.07, 6.45) is 21.3. The molecule has 0 atom stereocenters. The number of fused-ring (bicyclic) bond motifs is 1. The van der Waals surface area contributed by atoms with Crippen LogP contribution in [0.2, 0.25) is 0 Å². The minimum absolute atomic E-state index is 0.316. The number of imidazole rings is 1. The Bertz CT molecular complexity index is 1730. The number of rotatable bonds is 8. The van der Waals surface area contributed by atoms with E-state index in [2.05, 4.69) is 45.5 Å². The SMILES string of the molecule is C=C/C(=C\C(=C/C)C(=C)/C=c1/c(-c2nc3c(-c4ccccc4F)cncc3[nH]2)n[nH]/c1=C/C)CC1CCCCC1. The first-order valence-electron chi connectivity index (χ1n) is 14.0. The van der Waals surface area contributed by atoms with Crippen LogP contribution in [0.3, 0.4) is 0 Å². The fourth-order valence-electron chi connectivity index (χ4n) is 5.58. The van der Waals surface area contributed by atoms with E-state index in [-0.39, 0.29) is 5.82 Å². The van der Waals surface area contributed by atoms with Gasteiger partial charge in [0.25, 0.3) is 0 Å². The van der Waals surface area contributed by atoms with Crippen LogP contribution >= 0.6 is 0 Å². The van der Waals surface area contributed by atoms with Gasteiger partial charge in [-0.3, -0.25) is 10.1 Å². The maximum absolute atomic E-state index is 14.6. The van der Waals surface area contributed by atoms with Gasteiger partial charge in [-0.05, 0) is 55.0 Å². The second kappa shape index (κ2) is 12.2. The first-order valence-corrected chi connectivity index (χ1v) is 14.0. The molecule has 0 amide bonds. The van der Waals surface area contributed by atoms with E-state index < -0.39 is 0 Å². The molecule has 5 nitrogen and oxygen atoms in total. The fraction of sp³-hybridized carbons (Fsp3) is 0.265. The van der Waals surface area contributed by atoms with Crippen molar-refractivity contribution in [3.8, 4) is 22.6 Å². The monoisotopic (exact) mass is 533 g/mol. The number of halogens is 1. The molecule has 6 heteroatoms. The topological polar surface area (TPSA) is 70.2 Å². The first-order chi connectivity index (χ1) is 19.5. The van der Waals surface area contributed by atoms with Crippen molar-refractivity contribution in [3.05, 3.63) is 101 Å². The first kappa shape index (κ1) is 27.3. The number of hydrogen-bond donors (Lipinski definition) is 2. The molecule has 0 aliphatic heterocycles. The highest BCUT2D eigenvalue weighted by molar-refractivity contribution is 5.92. The molecular weight excluding hydrogens is 497 g/mol. The Morgan fingerprint density at radius 2 is 1.90 bits per heavy atom. The summed E-state index contributed by atoms with van der Waals surface area (Å²) in [5.74, 6) is 0.987. The molecule has 0 saturated heterocycles. The summed E-state index contributed by atoms with van der Waals surface area (Å²) >= 11 is 0. The third-order valence-corrected chi connectivity index (χ3v) is 7.76. The lowest BCUT2D eigenvalue weighted by atomic mass is 9.84. The molecule has 5 rings (SSSR count). The molecular formula is C34H36FN5. The van der Waals surface area contributed by atoms with E-state index in [9.17, 15) is 4.39 Å². The van der Waals surface area contributed by atoms with Gasteiger partial charge in [-0.1, -0.05) is 87.8 Å². The predicted octanol–water partition coefficient (Wildman–Crippen LogP) is 7.32. The minimum Gasteiger partial charge on any atom is -0.335 e. The second-order valence-corrected chi connectivity index (χ2v) is 10.4. The molecule has 4 aromatic rings. The summed E-state index contributed by atoms with van der Waals surface area (Å²) in [6.45, 7) is 12.5. The average Bonchev–Trinajstić information content (AvgIpc) is 3.59. The number of hydrogen-bond acceptors (Lipinski definition) is 3. The van der Waals surface area contributed by atoms with Gasteiger partial charge in [0.1, 0.15) is 17.0 Å².